The molecule has 4 aromatic rings. The SMILES string of the molecule is C=CCc1cc(C=Nn2c(C3CCCCC3)nc3ccc(Br)cc3c2=O)cc(OC)c1OCc1cccc([N+](=O)[O-])c1. The summed E-state index contributed by atoms with van der Waals surface area (Å²) in [7, 11) is 1.55. The Labute approximate surface area is 251 Å². The monoisotopic (exact) mass is 630 g/mol. The molecule has 0 bridgehead atoms. The van der Waals surface area contributed by atoms with Crippen molar-refractivity contribution in [2.45, 2.75) is 51.0 Å². The van der Waals surface area contributed by atoms with Gasteiger partial charge in [-0.1, -0.05) is 53.4 Å². The fourth-order valence-electron chi connectivity index (χ4n) is 5.32. The molecule has 1 aromatic heterocycles. The molecule has 10 heteroatoms. The molecule has 1 heterocycles. The molecule has 1 aliphatic carbocycles. The first-order valence-electron chi connectivity index (χ1n) is 13.8. The summed E-state index contributed by atoms with van der Waals surface area (Å²) >= 11 is 3.47. The molecule has 1 fully saturated rings. The van der Waals surface area contributed by atoms with Gasteiger partial charge < -0.3 is 9.47 Å². The van der Waals surface area contributed by atoms with E-state index in [-0.39, 0.29) is 23.8 Å². The number of nitro benzene ring substituents is 1. The highest BCUT2D eigenvalue weighted by atomic mass is 79.9. The van der Waals surface area contributed by atoms with E-state index >= 15 is 0 Å². The fourth-order valence-corrected chi connectivity index (χ4v) is 5.68. The summed E-state index contributed by atoms with van der Waals surface area (Å²) in [5.41, 5.74) is 2.62. The number of benzene rings is 3. The van der Waals surface area contributed by atoms with E-state index in [1.807, 2.05) is 18.2 Å². The summed E-state index contributed by atoms with van der Waals surface area (Å²) in [6, 6.07) is 15.5. The molecule has 0 spiro atoms. The van der Waals surface area contributed by atoms with Crippen LogP contribution in [0, 0.1) is 10.1 Å². The first kappa shape index (κ1) is 29.2. The lowest BCUT2D eigenvalue weighted by Gasteiger charge is -2.22. The summed E-state index contributed by atoms with van der Waals surface area (Å²) in [4.78, 5) is 29.3. The van der Waals surface area contributed by atoms with Crippen LogP contribution >= 0.6 is 15.9 Å². The lowest BCUT2D eigenvalue weighted by molar-refractivity contribution is -0.384. The normalized spacial score (nSPS) is 13.9. The zero-order valence-electron chi connectivity index (χ0n) is 23.3. The summed E-state index contributed by atoms with van der Waals surface area (Å²) in [6.07, 6.45) is 9.21. The Bertz CT molecular complexity index is 1730. The largest absolute Gasteiger partial charge is 0.493 e. The van der Waals surface area contributed by atoms with Gasteiger partial charge in [-0.05, 0) is 60.7 Å². The molecule has 0 aliphatic heterocycles. The number of allylic oxidation sites excluding steroid dienone is 1. The van der Waals surface area contributed by atoms with Crippen LogP contribution in [0.4, 0.5) is 5.69 Å². The van der Waals surface area contributed by atoms with E-state index in [9.17, 15) is 14.9 Å². The number of ether oxygens (including phenoxy) is 2. The van der Waals surface area contributed by atoms with Crippen molar-refractivity contribution in [2.24, 2.45) is 5.10 Å². The molecule has 0 unspecified atom stereocenters. The van der Waals surface area contributed by atoms with E-state index in [0.717, 1.165) is 35.7 Å². The molecule has 216 valence electrons. The van der Waals surface area contributed by atoms with Gasteiger partial charge in [-0.2, -0.15) is 9.78 Å². The molecule has 3 aromatic carbocycles. The summed E-state index contributed by atoms with van der Waals surface area (Å²) in [5, 5.41) is 16.3. The third-order valence-electron chi connectivity index (χ3n) is 7.37. The number of hydrogen-bond donors (Lipinski definition) is 0. The van der Waals surface area contributed by atoms with Crippen LogP contribution in [0.15, 0.2) is 81.6 Å². The number of non-ortho nitro benzene ring substituents is 1. The van der Waals surface area contributed by atoms with E-state index in [1.54, 1.807) is 43.7 Å². The Hall–Kier alpha value is -4.31. The van der Waals surface area contributed by atoms with Gasteiger partial charge in [0.15, 0.2) is 11.5 Å². The average Bonchev–Trinajstić information content (AvgIpc) is 3.00. The molecule has 9 nitrogen and oxygen atoms in total. The molecule has 0 saturated heterocycles. The Balaban J connectivity index is 1.52. The zero-order valence-corrected chi connectivity index (χ0v) is 24.9. The lowest BCUT2D eigenvalue weighted by atomic mass is 9.88. The second kappa shape index (κ2) is 13.1. The summed E-state index contributed by atoms with van der Waals surface area (Å²) in [5.74, 6) is 1.83. The van der Waals surface area contributed by atoms with Crippen molar-refractivity contribution in [3.63, 3.8) is 0 Å². The van der Waals surface area contributed by atoms with Crippen LogP contribution in [0.3, 0.4) is 0 Å². The van der Waals surface area contributed by atoms with Crippen molar-refractivity contribution in [1.82, 2.24) is 9.66 Å². The molecular formula is C32H31BrN4O5. The first-order valence-corrected chi connectivity index (χ1v) is 14.6. The second-order valence-electron chi connectivity index (χ2n) is 10.2. The van der Waals surface area contributed by atoms with Gasteiger partial charge in [-0.15, -0.1) is 6.58 Å². The van der Waals surface area contributed by atoms with Crippen LogP contribution in [0.2, 0.25) is 0 Å². The topological polar surface area (TPSA) is 109 Å². The number of hydrogen-bond acceptors (Lipinski definition) is 7. The quantitative estimate of drug-likeness (QED) is 0.0786. The molecule has 1 aliphatic rings. The first-order chi connectivity index (χ1) is 20.4. The van der Waals surface area contributed by atoms with Crippen LogP contribution in [-0.4, -0.2) is 27.9 Å². The molecule has 0 amide bonds. The van der Waals surface area contributed by atoms with Gasteiger partial charge in [-0.25, -0.2) is 4.98 Å². The van der Waals surface area contributed by atoms with Crippen molar-refractivity contribution < 1.29 is 14.4 Å². The number of rotatable bonds is 10. The maximum Gasteiger partial charge on any atom is 0.282 e. The van der Waals surface area contributed by atoms with E-state index in [4.69, 9.17) is 14.5 Å². The third kappa shape index (κ3) is 6.44. The minimum atomic E-state index is -0.434. The van der Waals surface area contributed by atoms with Crippen molar-refractivity contribution in [3.05, 3.63) is 115 Å². The Morgan fingerprint density at radius 2 is 1.98 bits per heavy atom. The lowest BCUT2D eigenvalue weighted by Crippen LogP contribution is -2.25. The highest BCUT2D eigenvalue weighted by Gasteiger charge is 2.23. The predicted molar refractivity (Wildman–Crippen MR) is 167 cm³/mol. The van der Waals surface area contributed by atoms with Gasteiger partial charge in [0.2, 0.25) is 0 Å². The third-order valence-corrected chi connectivity index (χ3v) is 7.86. The Kier molecular flexibility index (Phi) is 9.12. The number of halogens is 1. The van der Waals surface area contributed by atoms with Gasteiger partial charge in [0.05, 0.1) is 29.2 Å². The van der Waals surface area contributed by atoms with Gasteiger partial charge in [-0.3, -0.25) is 14.9 Å². The number of methoxy groups -OCH3 is 1. The van der Waals surface area contributed by atoms with Crippen molar-refractivity contribution >= 4 is 38.7 Å². The van der Waals surface area contributed by atoms with E-state index < -0.39 is 4.92 Å². The van der Waals surface area contributed by atoms with Crippen LogP contribution in [0.5, 0.6) is 11.5 Å². The minimum Gasteiger partial charge on any atom is -0.493 e. The summed E-state index contributed by atoms with van der Waals surface area (Å²) in [6.45, 7) is 3.99. The molecule has 0 radical (unpaired) electrons. The molecule has 0 N–H and O–H groups in total. The van der Waals surface area contributed by atoms with Gasteiger partial charge in [0.25, 0.3) is 11.2 Å². The van der Waals surface area contributed by atoms with Crippen LogP contribution in [0.25, 0.3) is 10.9 Å². The fraction of sp³-hybridized carbons (Fsp3) is 0.281. The zero-order chi connectivity index (χ0) is 29.6. The van der Waals surface area contributed by atoms with Crippen molar-refractivity contribution in [3.8, 4) is 11.5 Å². The number of nitro groups is 1. The van der Waals surface area contributed by atoms with E-state index in [1.165, 1.54) is 23.2 Å². The molecule has 42 heavy (non-hydrogen) atoms. The van der Waals surface area contributed by atoms with Crippen LogP contribution in [0.1, 0.15) is 60.5 Å². The van der Waals surface area contributed by atoms with Crippen molar-refractivity contribution in [1.29, 1.82) is 0 Å². The molecular weight excluding hydrogens is 600 g/mol. The van der Waals surface area contributed by atoms with Crippen molar-refractivity contribution in [2.75, 3.05) is 7.11 Å². The number of fused-ring (bicyclic) bond motifs is 1. The maximum absolute atomic E-state index is 13.7. The highest BCUT2D eigenvalue weighted by Crippen LogP contribution is 2.35. The predicted octanol–water partition coefficient (Wildman–Crippen LogP) is 7.31. The molecule has 0 atom stereocenters. The maximum atomic E-state index is 13.7. The summed E-state index contributed by atoms with van der Waals surface area (Å²) < 4.78 is 14.0. The minimum absolute atomic E-state index is 0.000633. The molecule has 1 saturated carbocycles. The number of aromatic nitrogens is 2. The Morgan fingerprint density at radius 1 is 1.17 bits per heavy atom. The standard InChI is InChI=1S/C32H31BrN4O5/c1-3-8-24-15-22(17-29(41-2)30(24)42-20-21-9-7-12-26(16-21)37(39)40)19-34-36-31(23-10-5-4-6-11-23)35-28-14-13-25(33)18-27(28)32(36)38/h3,7,9,12-19,23H,1,4-6,8,10-11,20H2,2H3. The number of nitrogens with zero attached hydrogens (tertiary/aromatic N) is 4. The second-order valence-corrected chi connectivity index (χ2v) is 11.2. The van der Waals surface area contributed by atoms with Crippen LogP contribution < -0.4 is 15.0 Å². The van der Waals surface area contributed by atoms with E-state index in [2.05, 4.69) is 27.6 Å². The van der Waals surface area contributed by atoms with Gasteiger partial charge in [0.1, 0.15) is 12.4 Å². The molecule has 5 rings (SSSR count). The van der Waals surface area contributed by atoms with Crippen LogP contribution in [-0.2, 0) is 13.0 Å². The van der Waals surface area contributed by atoms with Gasteiger partial charge >= 0.3 is 0 Å². The average molecular weight is 632 g/mol. The van der Waals surface area contributed by atoms with E-state index in [0.29, 0.717) is 45.8 Å². The highest BCUT2D eigenvalue weighted by molar-refractivity contribution is 9.10. The Morgan fingerprint density at radius 3 is 2.71 bits per heavy atom. The van der Waals surface area contributed by atoms with Gasteiger partial charge in [0, 0.05) is 28.1 Å². The smallest absolute Gasteiger partial charge is 0.282 e.